The third-order valence-corrected chi connectivity index (χ3v) is 3.43. The molecular formula is C14H20O4. The molecule has 1 heterocycles. The summed E-state index contributed by atoms with van der Waals surface area (Å²) in [5.41, 5.74) is -0.199. The van der Waals surface area contributed by atoms with Crippen LogP contribution in [0.15, 0.2) is 18.2 Å². The average molecular weight is 252 g/mol. The minimum atomic E-state index is -0.936. The van der Waals surface area contributed by atoms with Crippen molar-refractivity contribution in [3.63, 3.8) is 0 Å². The number of rotatable bonds is 3. The number of hydrogen-bond donors (Lipinski definition) is 1. The van der Waals surface area contributed by atoms with Gasteiger partial charge >= 0.3 is 0 Å². The normalized spacial score (nSPS) is 24.4. The molecule has 100 valence electrons. The molecule has 0 aliphatic carbocycles. The molecule has 0 saturated carbocycles. The van der Waals surface area contributed by atoms with Crippen LogP contribution in [-0.2, 0) is 10.3 Å². The fraction of sp³-hybridized carbons (Fsp3) is 0.571. The Morgan fingerprint density at radius 2 is 1.78 bits per heavy atom. The fourth-order valence-corrected chi connectivity index (χ4v) is 2.49. The van der Waals surface area contributed by atoms with Gasteiger partial charge in [-0.25, -0.2) is 0 Å². The van der Waals surface area contributed by atoms with E-state index in [0.717, 1.165) is 12.0 Å². The first-order valence-corrected chi connectivity index (χ1v) is 6.23. The second kappa shape index (κ2) is 5.59. The summed E-state index contributed by atoms with van der Waals surface area (Å²) < 4.78 is 16.1. The van der Waals surface area contributed by atoms with Crippen molar-refractivity contribution in [3.8, 4) is 11.5 Å². The lowest BCUT2D eigenvalue weighted by atomic mass is 9.85. The lowest BCUT2D eigenvalue weighted by Gasteiger charge is -2.29. The van der Waals surface area contributed by atoms with Gasteiger partial charge in [0, 0.05) is 19.6 Å². The highest BCUT2D eigenvalue weighted by molar-refractivity contribution is 5.48. The highest BCUT2D eigenvalue weighted by Gasteiger charge is 2.36. The van der Waals surface area contributed by atoms with Gasteiger partial charge < -0.3 is 19.3 Å². The molecule has 4 heteroatoms. The van der Waals surface area contributed by atoms with Crippen molar-refractivity contribution in [1.29, 1.82) is 0 Å². The molecule has 0 amide bonds. The second-order valence-electron chi connectivity index (χ2n) is 4.54. The molecule has 1 fully saturated rings. The zero-order valence-electron chi connectivity index (χ0n) is 10.9. The lowest BCUT2D eigenvalue weighted by Crippen LogP contribution is -2.27. The van der Waals surface area contributed by atoms with Gasteiger partial charge in [-0.2, -0.15) is 0 Å². The molecule has 1 saturated heterocycles. The summed E-state index contributed by atoms with van der Waals surface area (Å²) >= 11 is 0. The van der Waals surface area contributed by atoms with Gasteiger partial charge in [0.25, 0.3) is 0 Å². The van der Waals surface area contributed by atoms with Crippen LogP contribution in [0, 0.1) is 0 Å². The lowest BCUT2D eigenvalue weighted by molar-refractivity contribution is 0.0103. The van der Waals surface area contributed by atoms with Gasteiger partial charge in [0.1, 0.15) is 11.5 Å². The topological polar surface area (TPSA) is 47.9 Å². The third kappa shape index (κ3) is 2.44. The fourth-order valence-electron chi connectivity index (χ4n) is 2.49. The average Bonchev–Trinajstić information content (AvgIpc) is 2.63. The number of ether oxygens (including phenoxy) is 3. The highest BCUT2D eigenvalue weighted by atomic mass is 16.5. The summed E-state index contributed by atoms with van der Waals surface area (Å²) in [7, 11) is 3.21. The van der Waals surface area contributed by atoms with Crippen LogP contribution in [0.3, 0.4) is 0 Å². The molecule has 1 aromatic rings. The van der Waals surface area contributed by atoms with Gasteiger partial charge in [-0.1, -0.05) is 6.07 Å². The molecule has 18 heavy (non-hydrogen) atoms. The quantitative estimate of drug-likeness (QED) is 0.895. The number of aliphatic hydroxyl groups is 1. The third-order valence-electron chi connectivity index (χ3n) is 3.43. The first-order valence-electron chi connectivity index (χ1n) is 6.23. The highest BCUT2D eigenvalue weighted by Crippen LogP contribution is 2.43. The summed E-state index contributed by atoms with van der Waals surface area (Å²) in [5.74, 6) is 1.33. The maximum absolute atomic E-state index is 10.9. The Balaban J connectivity index is 2.46. The van der Waals surface area contributed by atoms with Crippen LogP contribution < -0.4 is 9.47 Å². The van der Waals surface area contributed by atoms with Crippen LogP contribution in [0.1, 0.15) is 24.8 Å². The molecule has 1 aromatic carbocycles. The summed E-state index contributed by atoms with van der Waals surface area (Å²) in [6, 6.07) is 5.56. The molecule has 1 aliphatic heterocycles. The van der Waals surface area contributed by atoms with E-state index in [1.165, 1.54) is 0 Å². The van der Waals surface area contributed by atoms with E-state index in [2.05, 4.69) is 0 Å². The monoisotopic (exact) mass is 252 g/mol. The Morgan fingerprint density at radius 1 is 1.11 bits per heavy atom. The zero-order valence-corrected chi connectivity index (χ0v) is 10.9. The molecule has 0 spiro atoms. The van der Waals surface area contributed by atoms with Crippen LogP contribution in [0.5, 0.6) is 11.5 Å². The molecule has 1 unspecified atom stereocenters. The Bertz CT molecular complexity index is 373. The summed E-state index contributed by atoms with van der Waals surface area (Å²) in [6.07, 6.45) is 2.05. The molecule has 1 N–H and O–H groups in total. The van der Waals surface area contributed by atoms with E-state index in [-0.39, 0.29) is 0 Å². The molecule has 4 nitrogen and oxygen atoms in total. The van der Waals surface area contributed by atoms with E-state index in [1.54, 1.807) is 14.2 Å². The van der Waals surface area contributed by atoms with Gasteiger partial charge in [-0.05, 0) is 25.0 Å². The first kappa shape index (κ1) is 13.2. The van der Waals surface area contributed by atoms with Gasteiger partial charge in [0.05, 0.1) is 25.4 Å². The Labute approximate surface area is 107 Å². The Morgan fingerprint density at radius 3 is 2.39 bits per heavy atom. The van der Waals surface area contributed by atoms with Crippen LogP contribution >= 0.6 is 0 Å². The predicted octanol–water partition coefficient (Wildman–Crippen LogP) is 2.09. The van der Waals surface area contributed by atoms with E-state index in [0.29, 0.717) is 37.6 Å². The van der Waals surface area contributed by atoms with E-state index >= 15 is 0 Å². The van der Waals surface area contributed by atoms with Crippen LogP contribution in [0.2, 0.25) is 0 Å². The molecule has 1 atom stereocenters. The van der Waals surface area contributed by atoms with Crippen molar-refractivity contribution in [2.24, 2.45) is 0 Å². The maximum Gasteiger partial charge on any atom is 0.128 e. The molecular weight excluding hydrogens is 232 g/mol. The predicted molar refractivity (Wildman–Crippen MR) is 68.1 cm³/mol. The van der Waals surface area contributed by atoms with Crippen molar-refractivity contribution in [3.05, 3.63) is 23.8 Å². The standard InChI is InChI=1S/C14H20O4/c1-16-11-5-3-6-12(17-2)13(11)14(15)7-4-9-18-10-8-14/h3,5-6,15H,4,7-10H2,1-2H3. The SMILES string of the molecule is COc1cccc(OC)c1C1(O)CCCOCC1. The molecule has 0 radical (unpaired) electrons. The first-order chi connectivity index (χ1) is 8.71. The summed E-state index contributed by atoms with van der Waals surface area (Å²) in [6.45, 7) is 1.25. The van der Waals surface area contributed by atoms with Crippen molar-refractivity contribution in [2.75, 3.05) is 27.4 Å². The van der Waals surface area contributed by atoms with E-state index in [9.17, 15) is 5.11 Å². The zero-order chi connectivity index (χ0) is 13.0. The van der Waals surface area contributed by atoms with Crippen molar-refractivity contribution < 1.29 is 19.3 Å². The summed E-state index contributed by atoms with van der Waals surface area (Å²) in [5, 5.41) is 10.9. The molecule has 2 rings (SSSR count). The number of methoxy groups -OCH3 is 2. The maximum atomic E-state index is 10.9. The van der Waals surface area contributed by atoms with Gasteiger partial charge in [-0.3, -0.25) is 0 Å². The minimum absolute atomic E-state index is 0.553. The van der Waals surface area contributed by atoms with Gasteiger partial charge in [0.2, 0.25) is 0 Å². The van der Waals surface area contributed by atoms with Crippen LogP contribution in [0.4, 0.5) is 0 Å². The number of benzene rings is 1. The van der Waals surface area contributed by atoms with Crippen molar-refractivity contribution >= 4 is 0 Å². The smallest absolute Gasteiger partial charge is 0.128 e. The molecule has 0 bridgehead atoms. The van der Waals surface area contributed by atoms with E-state index in [4.69, 9.17) is 14.2 Å². The van der Waals surface area contributed by atoms with Crippen molar-refractivity contribution in [1.82, 2.24) is 0 Å². The Hall–Kier alpha value is -1.26. The van der Waals surface area contributed by atoms with E-state index < -0.39 is 5.60 Å². The largest absolute Gasteiger partial charge is 0.496 e. The van der Waals surface area contributed by atoms with Crippen LogP contribution in [-0.4, -0.2) is 32.5 Å². The van der Waals surface area contributed by atoms with Crippen molar-refractivity contribution in [2.45, 2.75) is 24.9 Å². The van der Waals surface area contributed by atoms with Gasteiger partial charge in [0.15, 0.2) is 0 Å². The van der Waals surface area contributed by atoms with Crippen LogP contribution in [0.25, 0.3) is 0 Å². The molecule has 0 aromatic heterocycles. The number of hydrogen-bond acceptors (Lipinski definition) is 4. The second-order valence-corrected chi connectivity index (χ2v) is 4.54. The summed E-state index contributed by atoms with van der Waals surface area (Å²) in [4.78, 5) is 0. The van der Waals surface area contributed by atoms with Gasteiger partial charge in [-0.15, -0.1) is 0 Å². The van der Waals surface area contributed by atoms with E-state index in [1.807, 2.05) is 18.2 Å². The molecule has 1 aliphatic rings. The Kier molecular flexibility index (Phi) is 4.09. The minimum Gasteiger partial charge on any atom is -0.496 e.